The molecule has 4 rings (SSSR count). The third-order valence-corrected chi connectivity index (χ3v) is 8.23. The highest BCUT2D eigenvalue weighted by Crippen LogP contribution is 2.43. The lowest BCUT2D eigenvalue weighted by Crippen LogP contribution is -2.22. The van der Waals surface area contributed by atoms with Gasteiger partial charge in [-0.15, -0.1) is 22.7 Å². The van der Waals surface area contributed by atoms with E-state index in [4.69, 9.17) is 9.47 Å². The van der Waals surface area contributed by atoms with Crippen molar-refractivity contribution in [1.29, 1.82) is 0 Å². The molecule has 2 N–H and O–H groups in total. The van der Waals surface area contributed by atoms with E-state index in [1.165, 1.54) is 22.7 Å². The number of nitrogens with zero attached hydrogens (tertiary/aromatic N) is 2. The van der Waals surface area contributed by atoms with Crippen molar-refractivity contribution in [2.24, 2.45) is 11.8 Å². The molecule has 0 saturated carbocycles. The van der Waals surface area contributed by atoms with Crippen LogP contribution in [-0.4, -0.2) is 35.0 Å². The van der Waals surface area contributed by atoms with Crippen molar-refractivity contribution in [2.75, 3.05) is 23.7 Å². The van der Waals surface area contributed by atoms with E-state index in [1.807, 2.05) is 24.6 Å². The Kier molecular flexibility index (Phi) is 7.47. The van der Waals surface area contributed by atoms with Crippen LogP contribution in [0, 0.1) is 11.8 Å². The Bertz CT molecular complexity index is 944. The monoisotopic (exact) mass is 506 g/mol. The fraction of sp³-hybridized carbons (Fsp3) is 0.667. The van der Waals surface area contributed by atoms with Crippen LogP contribution in [0.15, 0.2) is 10.8 Å². The number of cyclic esters (lactones) is 2. The first kappa shape index (κ1) is 24.9. The molecule has 2 aliphatic heterocycles. The molecular weight excluding hydrogens is 472 g/mol. The summed E-state index contributed by atoms with van der Waals surface area (Å²) in [6, 6.07) is 0. The highest BCUT2D eigenvalue weighted by molar-refractivity contribution is 7.14. The molecule has 0 spiro atoms. The predicted molar refractivity (Wildman–Crippen MR) is 134 cm³/mol. The second kappa shape index (κ2) is 10.2. The summed E-state index contributed by atoms with van der Waals surface area (Å²) in [6.45, 7) is 9.41. The van der Waals surface area contributed by atoms with E-state index >= 15 is 0 Å². The molecule has 34 heavy (non-hydrogen) atoms. The van der Waals surface area contributed by atoms with Crippen LogP contribution >= 0.6 is 22.7 Å². The number of esters is 2. The van der Waals surface area contributed by atoms with Gasteiger partial charge in [0.15, 0.2) is 21.5 Å². The van der Waals surface area contributed by atoms with E-state index in [-0.39, 0.29) is 23.8 Å². The molecule has 2 aromatic rings. The molecule has 4 atom stereocenters. The number of anilines is 2. The van der Waals surface area contributed by atoms with Crippen LogP contribution in [-0.2, 0) is 30.3 Å². The van der Waals surface area contributed by atoms with Crippen LogP contribution in [0.5, 0.6) is 0 Å². The van der Waals surface area contributed by atoms with Crippen LogP contribution in [0.2, 0.25) is 0 Å². The number of thiazole rings is 2. The van der Waals surface area contributed by atoms with Crippen LogP contribution in [0.1, 0.15) is 77.6 Å². The highest BCUT2D eigenvalue weighted by atomic mass is 32.1. The van der Waals surface area contributed by atoms with Gasteiger partial charge in [0.1, 0.15) is 0 Å². The van der Waals surface area contributed by atoms with Gasteiger partial charge in [0.2, 0.25) is 0 Å². The number of aromatic nitrogens is 2. The van der Waals surface area contributed by atoms with E-state index in [1.54, 1.807) is 0 Å². The number of carbonyl (C=O) groups excluding carboxylic acids is 2. The van der Waals surface area contributed by atoms with Gasteiger partial charge in [-0.2, -0.15) is 0 Å². The number of rotatable bonds is 11. The Morgan fingerprint density at radius 1 is 0.853 bits per heavy atom. The molecule has 4 heterocycles. The second-order valence-electron chi connectivity index (χ2n) is 9.61. The lowest BCUT2D eigenvalue weighted by atomic mass is 9.91. The summed E-state index contributed by atoms with van der Waals surface area (Å²) in [5.41, 5.74) is 0.341. The molecule has 0 amide bonds. The molecule has 8 nitrogen and oxygen atoms in total. The zero-order valence-corrected chi connectivity index (χ0v) is 21.9. The van der Waals surface area contributed by atoms with Crippen molar-refractivity contribution < 1.29 is 19.1 Å². The van der Waals surface area contributed by atoms with Crippen molar-refractivity contribution >= 4 is 44.9 Å². The summed E-state index contributed by atoms with van der Waals surface area (Å²) in [4.78, 5) is 33.7. The standard InChI is InChI=1S/C24H34N4O4S2/c1-5-7-15-11-23(3,31-19(15)29)17-13-33-21(27-17)25-9-10-26-22-28-18(14-34-22)24(4)12-16(8-6-2)20(30)32-24/h13-16H,5-12H2,1-4H3,(H,25,27)(H,26,28)/t15-,16+,23-,24+. The summed E-state index contributed by atoms with van der Waals surface area (Å²) >= 11 is 3.04. The van der Waals surface area contributed by atoms with E-state index in [0.717, 1.165) is 47.3 Å². The minimum Gasteiger partial charge on any atom is -0.453 e. The molecule has 2 aliphatic rings. The maximum Gasteiger partial charge on any atom is 0.310 e. The minimum atomic E-state index is -0.640. The summed E-state index contributed by atoms with van der Waals surface area (Å²) in [7, 11) is 0. The molecule has 0 bridgehead atoms. The lowest BCUT2D eigenvalue weighted by Gasteiger charge is -2.20. The topological polar surface area (TPSA) is 102 Å². The molecule has 0 radical (unpaired) electrons. The number of ether oxygens (including phenoxy) is 2. The third kappa shape index (κ3) is 5.22. The van der Waals surface area contributed by atoms with E-state index < -0.39 is 11.2 Å². The van der Waals surface area contributed by atoms with Crippen LogP contribution in [0.25, 0.3) is 0 Å². The lowest BCUT2D eigenvalue weighted by molar-refractivity contribution is -0.151. The summed E-state index contributed by atoms with van der Waals surface area (Å²) in [6.07, 6.45) is 5.02. The van der Waals surface area contributed by atoms with Gasteiger partial charge in [-0.05, 0) is 26.7 Å². The minimum absolute atomic E-state index is 0.0342. The average Bonchev–Trinajstić information content (AvgIpc) is 3.55. The number of hydrogen-bond acceptors (Lipinski definition) is 10. The maximum atomic E-state index is 12.2. The van der Waals surface area contributed by atoms with Crippen molar-refractivity contribution in [3.8, 4) is 0 Å². The van der Waals surface area contributed by atoms with Gasteiger partial charge in [-0.25, -0.2) is 9.97 Å². The van der Waals surface area contributed by atoms with Gasteiger partial charge >= 0.3 is 11.9 Å². The zero-order chi connectivity index (χ0) is 24.3. The van der Waals surface area contributed by atoms with Gasteiger partial charge < -0.3 is 20.1 Å². The first-order valence-corrected chi connectivity index (χ1v) is 13.9. The van der Waals surface area contributed by atoms with Crippen molar-refractivity contribution in [3.05, 3.63) is 22.1 Å². The molecule has 186 valence electrons. The SMILES string of the molecule is CCC[C@@H]1C[C@](C)(c2csc(NCCNc3nc([C@]4(C)C[C@H](CCC)C(=O)O4)cs3)n2)OC1=O. The smallest absolute Gasteiger partial charge is 0.310 e. The average molecular weight is 507 g/mol. The molecule has 2 fully saturated rings. The fourth-order valence-electron chi connectivity index (χ4n) is 4.79. The van der Waals surface area contributed by atoms with Gasteiger partial charge in [0.25, 0.3) is 0 Å². The molecule has 2 saturated heterocycles. The first-order valence-electron chi connectivity index (χ1n) is 12.1. The second-order valence-corrected chi connectivity index (χ2v) is 11.3. The number of hydrogen-bond donors (Lipinski definition) is 2. The Hall–Kier alpha value is -2.20. The zero-order valence-electron chi connectivity index (χ0n) is 20.3. The summed E-state index contributed by atoms with van der Waals surface area (Å²) < 4.78 is 11.4. The largest absolute Gasteiger partial charge is 0.453 e. The summed E-state index contributed by atoms with van der Waals surface area (Å²) in [5.74, 6) is -0.289. The van der Waals surface area contributed by atoms with Gasteiger partial charge in [-0.3, -0.25) is 9.59 Å². The first-order chi connectivity index (χ1) is 16.3. The van der Waals surface area contributed by atoms with E-state index in [9.17, 15) is 9.59 Å². The highest BCUT2D eigenvalue weighted by Gasteiger charge is 2.46. The van der Waals surface area contributed by atoms with Crippen molar-refractivity contribution in [3.63, 3.8) is 0 Å². The van der Waals surface area contributed by atoms with Gasteiger partial charge in [-0.1, -0.05) is 26.7 Å². The van der Waals surface area contributed by atoms with Crippen LogP contribution in [0.3, 0.4) is 0 Å². The Balaban J connectivity index is 1.25. The normalized spacial score (nSPS) is 28.7. The number of nitrogens with one attached hydrogen (secondary N) is 2. The predicted octanol–water partition coefficient (Wildman–Crippen LogP) is 5.28. The number of carbonyl (C=O) groups is 2. The molecule has 0 aromatic carbocycles. The van der Waals surface area contributed by atoms with Crippen molar-refractivity contribution in [2.45, 2.75) is 77.4 Å². The van der Waals surface area contributed by atoms with Gasteiger partial charge in [0.05, 0.1) is 23.2 Å². The molecule has 10 heteroatoms. The Labute approximate surface area is 208 Å². The van der Waals surface area contributed by atoms with Crippen molar-refractivity contribution in [1.82, 2.24) is 9.97 Å². The maximum absolute atomic E-state index is 12.2. The molecular formula is C24H34N4O4S2. The molecule has 2 aromatic heterocycles. The fourth-order valence-corrected chi connectivity index (χ4v) is 6.51. The third-order valence-electron chi connectivity index (χ3n) is 6.63. The molecule has 0 unspecified atom stereocenters. The van der Waals surface area contributed by atoms with E-state index in [0.29, 0.717) is 25.9 Å². The van der Waals surface area contributed by atoms with Crippen LogP contribution in [0.4, 0.5) is 10.3 Å². The van der Waals surface area contributed by atoms with Gasteiger partial charge in [0, 0.05) is 36.7 Å². The quantitative estimate of drug-likeness (QED) is 0.313. The Morgan fingerprint density at radius 2 is 1.26 bits per heavy atom. The van der Waals surface area contributed by atoms with E-state index in [2.05, 4.69) is 34.4 Å². The molecule has 0 aliphatic carbocycles. The van der Waals surface area contributed by atoms with Crippen LogP contribution < -0.4 is 10.6 Å². The summed E-state index contributed by atoms with van der Waals surface area (Å²) in [5, 5.41) is 12.2. The Morgan fingerprint density at radius 3 is 1.65 bits per heavy atom.